The minimum absolute atomic E-state index is 0.181. The first kappa shape index (κ1) is 20.1. The first-order valence-corrected chi connectivity index (χ1v) is 9.22. The van der Waals surface area contributed by atoms with E-state index in [0.717, 1.165) is 16.7 Å². The lowest BCUT2D eigenvalue weighted by Gasteiger charge is -2.11. The molecule has 2 amide bonds. The lowest BCUT2D eigenvalue weighted by Crippen LogP contribution is -2.24. The van der Waals surface area contributed by atoms with Crippen LogP contribution in [0.4, 0.5) is 5.69 Å². The van der Waals surface area contributed by atoms with Gasteiger partial charge in [-0.25, -0.2) is 0 Å². The summed E-state index contributed by atoms with van der Waals surface area (Å²) in [4.78, 5) is 29.2. The Morgan fingerprint density at radius 2 is 1.66 bits per heavy atom. The maximum Gasteiger partial charge on any atom is 0.270 e. The van der Waals surface area contributed by atoms with Gasteiger partial charge in [-0.2, -0.15) is 0 Å². The van der Waals surface area contributed by atoms with Crippen molar-refractivity contribution in [2.45, 2.75) is 20.4 Å². The number of nitrogens with zero attached hydrogens (tertiary/aromatic N) is 1. The molecule has 3 aromatic rings. The number of ether oxygens (including phenoxy) is 1. The zero-order valence-corrected chi connectivity index (χ0v) is 16.7. The van der Waals surface area contributed by atoms with Crippen molar-refractivity contribution < 1.29 is 14.3 Å². The van der Waals surface area contributed by atoms with E-state index in [1.807, 2.05) is 50.2 Å². The van der Waals surface area contributed by atoms with Gasteiger partial charge >= 0.3 is 0 Å². The second-order valence-corrected chi connectivity index (χ2v) is 6.76. The quantitative estimate of drug-likeness (QED) is 0.670. The van der Waals surface area contributed by atoms with E-state index in [2.05, 4.69) is 15.6 Å². The Hall–Kier alpha value is -3.67. The molecule has 1 heterocycles. The summed E-state index contributed by atoms with van der Waals surface area (Å²) < 4.78 is 5.29. The van der Waals surface area contributed by atoms with Crippen molar-refractivity contribution in [1.82, 2.24) is 10.3 Å². The van der Waals surface area contributed by atoms with Crippen LogP contribution in [0.25, 0.3) is 0 Å². The van der Waals surface area contributed by atoms with Crippen LogP contribution in [-0.2, 0) is 6.54 Å². The van der Waals surface area contributed by atoms with Crippen LogP contribution in [0, 0.1) is 13.8 Å². The van der Waals surface area contributed by atoms with E-state index in [0.29, 0.717) is 23.5 Å². The number of carbonyl (C=O) groups excluding carboxylic acids is 2. The van der Waals surface area contributed by atoms with Gasteiger partial charge in [0, 0.05) is 18.3 Å². The molecule has 0 fully saturated rings. The minimum Gasteiger partial charge on any atom is -0.495 e. The highest BCUT2D eigenvalue weighted by Gasteiger charge is 2.14. The highest BCUT2D eigenvalue weighted by atomic mass is 16.5. The van der Waals surface area contributed by atoms with E-state index in [9.17, 15) is 9.59 Å². The number of hydrogen-bond acceptors (Lipinski definition) is 4. The topological polar surface area (TPSA) is 80.3 Å². The van der Waals surface area contributed by atoms with Crippen LogP contribution in [0.3, 0.4) is 0 Å². The zero-order valence-electron chi connectivity index (χ0n) is 16.7. The number of nitrogens with one attached hydrogen (secondary N) is 2. The van der Waals surface area contributed by atoms with Gasteiger partial charge in [0.2, 0.25) is 0 Å². The average Bonchev–Trinajstić information content (AvgIpc) is 2.73. The van der Waals surface area contributed by atoms with Crippen molar-refractivity contribution in [3.8, 4) is 5.75 Å². The number of methoxy groups -OCH3 is 1. The smallest absolute Gasteiger partial charge is 0.270 e. The monoisotopic (exact) mass is 389 g/mol. The average molecular weight is 389 g/mol. The van der Waals surface area contributed by atoms with Gasteiger partial charge in [0.05, 0.1) is 12.8 Å². The van der Waals surface area contributed by atoms with E-state index >= 15 is 0 Å². The Morgan fingerprint density at radius 3 is 2.38 bits per heavy atom. The number of rotatable bonds is 6. The number of amides is 2. The van der Waals surface area contributed by atoms with Crippen molar-refractivity contribution >= 4 is 17.5 Å². The third kappa shape index (κ3) is 5.19. The van der Waals surface area contributed by atoms with Crippen molar-refractivity contribution in [1.29, 1.82) is 0 Å². The molecule has 6 nitrogen and oxygen atoms in total. The van der Waals surface area contributed by atoms with Gasteiger partial charge in [-0.1, -0.05) is 35.9 Å². The van der Waals surface area contributed by atoms with Crippen LogP contribution in [0.5, 0.6) is 5.75 Å². The van der Waals surface area contributed by atoms with Gasteiger partial charge in [0.1, 0.15) is 11.4 Å². The Balaban J connectivity index is 1.70. The normalized spacial score (nSPS) is 10.3. The van der Waals surface area contributed by atoms with Gasteiger partial charge in [-0.05, 0) is 49.2 Å². The first-order valence-electron chi connectivity index (χ1n) is 9.22. The lowest BCUT2D eigenvalue weighted by molar-refractivity contribution is 0.0946. The van der Waals surface area contributed by atoms with E-state index < -0.39 is 0 Å². The molecular formula is C23H23N3O3. The van der Waals surface area contributed by atoms with Crippen LogP contribution in [0.2, 0.25) is 0 Å². The highest BCUT2D eigenvalue weighted by molar-refractivity contribution is 6.06. The predicted octanol–water partition coefficient (Wildman–Crippen LogP) is 3.89. The molecule has 0 aliphatic heterocycles. The summed E-state index contributed by atoms with van der Waals surface area (Å²) in [5.74, 6) is -0.119. The Bertz CT molecular complexity index is 1030. The van der Waals surface area contributed by atoms with Gasteiger partial charge in [0.15, 0.2) is 0 Å². The van der Waals surface area contributed by atoms with Crippen LogP contribution < -0.4 is 15.4 Å². The molecule has 2 N–H and O–H groups in total. The van der Waals surface area contributed by atoms with Gasteiger partial charge in [0.25, 0.3) is 11.8 Å². The van der Waals surface area contributed by atoms with Crippen molar-refractivity contribution in [2.75, 3.05) is 12.4 Å². The van der Waals surface area contributed by atoms with Crippen LogP contribution in [0.15, 0.2) is 60.8 Å². The van der Waals surface area contributed by atoms with Crippen molar-refractivity contribution in [2.24, 2.45) is 0 Å². The molecule has 6 heteroatoms. The number of aromatic nitrogens is 1. The number of carbonyl (C=O) groups is 2. The molecule has 2 aromatic carbocycles. The summed E-state index contributed by atoms with van der Waals surface area (Å²) in [6, 6.07) is 16.5. The Morgan fingerprint density at radius 1 is 0.931 bits per heavy atom. The van der Waals surface area contributed by atoms with Crippen molar-refractivity contribution in [3.05, 3.63) is 88.7 Å². The summed E-state index contributed by atoms with van der Waals surface area (Å²) >= 11 is 0. The highest BCUT2D eigenvalue weighted by Crippen LogP contribution is 2.25. The summed E-state index contributed by atoms with van der Waals surface area (Å²) in [5, 5.41) is 5.65. The van der Waals surface area contributed by atoms with Gasteiger partial charge in [-0.3, -0.25) is 14.6 Å². The van der Waals surface area contributed by atoms with Crippen LogP contribution in [-0.4, -0.2) is 23.9 Å². The maximum atomic E-state index is 12.7. The maximum absolute atomic E-state index is 12.7. The molecule has 0 bridgehead atoms. The lowest BCUT2D eigenvalue weighted by atomic mass is 10.1. The van der Waals surface area contributed by atoms with Gasteiger partial charge < -0.3 is 15.4 Å². The fourth-order valence-electron chi connectivity index (χ4n) is 2.79. The zero-order chi connectivity index (χ0) is 20.8. The number of pyridine rings is 1. The minimum atomic E-state index is -0.344. The third-order valence-corrected chi connectivity index (χ3v) is 4.43. The standard InChI is InChI=1S/C23H23N3O3/c1-15-4-7-17(8-5-15)14-25-23(28)20-13-18(10-11-24-20)22(27)26-19-12-16(2)6-9-21(19)29-3/h4-13H,14H2,1-3H3,(H,25,28)(H,26,27). The molecule has 0 unspecified atom stereocenters. The van der Waals surface area contributed by atoms with E-state index in [4.69, 9.17) is 4.74 Å². The fraction of sp³-hybridized carbons (Fsp3) is 0.174. The second-order valence-electron chi connectivity index (χ2n) is 6.76. The molecule has 0 saturated heterocycles. The molecule has 148 valence electrons. The van der Waals surface area contributed by atoms with Crippen LogP contribution >= 0.6 is 0 Å². The Kier molecular flexibility index (Phi) is 6.24. The molecule has 29 heavy (non-hydrogen) atoms. The predicted molar refractivity (Wildman–Crippen MR) is 112 cm³/mol. The number of benzene rings is 2. The summed E-state index contributed by atoms with van der Waals surface area (Å²) in [6.07, 6.45) is 1.45. The van der Waals surface area contributed by atoms with Crippen LogP contribution in [0.1, 0.15) is 37.5 Å². The third-order valence-electron chi connectivity index (χ3n) is 4.43. The number of aryl methyl sites for hydroxylation is 2. The fourth-order valence-corrected chi connectivity index (χ4v) is 2.79. The number of hydrogen-bond donors (Lipinski definition) is 2. The summed E-state index contributed by atoms with van der Waals surface area (Å²) in [7, 11) is 1.54. The van der Waals surface area contributed by atoms with E-state index in [-0.39, 0.29) is 17.5 Å². The molecular weight excluding hydrogens is 366 g/mol. The second kappa shape index (κ2) is 9.01. The molecule has 0 atom stereocenters. The molecule has 0 aliphatic carbocycles. The van der Waals surface area contributed by atoms with Crippen molar-refractivity contribution in [3.63, 3.8) is 0 Å². The Labute approximate surface area is 169 Å². The molecule has 0 saturated carbocycles. The molecule has 0 spiro atoms. The van der Waals surface area contributed by atoms with Gasteiger partial charge in [-0.15, -0.1) is 0 Å². The molecule has 0 aliphatic rings. The SMILES string of the molecule is COc1ccc(C)cc1NC(=O)c1ccnc(C(=O)NCc2ccc(C)cc2)c1. The number of anilines is 1. The first-order chi connectivity index (χ1) is 14.0. The molecule has 1 aromatic heterocycles. The largest absolute Gasteiger partial charge is 0.495 e. The molecule has 0 radical (unpaired) electrons. The van der Waals surface area contributed by atoms with E-state index in [1.165, 1.54) is 12.3 Å². The summed E-state index contributed by atoms with van der Waals surface area (Å²) in [5.41, 5.74) is 4.23. The van der Waals surface area contributed by atoms with E-state index in [1.54, 1.807) is 19.2 Å². The molecule has 3 rings (SSSR count). The summed E-state index contributed by atoms with van der Waals surface area (Å²) in [6.45, 7) is 4.32.